The van der Waals surface area contributed by atoms with Crippen LogP contribution in [-0.4, -0.2) is 61.1 Å². The lowest BCUT2D eigenvalue weighted by molar-refractivity contribution is -0.149. The van der Waals surface area contributed by atoms with Gasteiger partial charge in [0.2, 0.25) is 0 Å². The quantitative estimate of drug-likeness (QED) is 0.179. The lowest BCUT2D eigenvalue weighted by Crippen LogP contribution is -2.38. The van der Waals surface area contributed by atoms with Crippen LogP contribution >= 0.6 is 23.2 Å². The van der Waals surface area contributed by atoms with Crippen LogP contribution in [0.3, 0.4) is 0 Å². The highest BCUT2D eigenvalue weighted by atomic mass is 35.5. The maximum Gasteiger partial charge on any atom is 0.415 e. The van der Waals surface area contributed by atoms with E-state index in [9.17, 15) is 14.7 Å². The SMILES string of the molecule is CCOC(Cc1ccc(OCCN(CCCOc2cc(Cl)cc(Cl)c2)C(=O)Oc2c(C)cc(C)cc2C)cc1)C(=O)O. The largest absolute Gasteiger partial charge is 0.493 e. The van der Waals surface area contributed by atoms with Crippen LogP contribution < -0.4 is 14.2 Å². The number of nitrogens with zero attached hydrogens (tertiary/aromatic N) is 1. The number of carboxylic acid groups (broad SMARTS) is 1. The molecule has 0 aliphatic rings. The van der Waals surface area contributed by atoms with Crippen LogP contribution in [-0.2, 0) is 16.0 Å². The Labute approximate surface area is 257 Å². The number of hydrogen-bond donors (Lipinski definition) is 1. The van der Waals surface area contributed by atoms with Crippen molar-refractivity contribution in [3.8, 4) is 17.2 Å². The molecular formula is C32H37Cl2NO7. The number of aryl methyl sites for hydroxylation is 3. The van der Waals surface area contributed by atoms with E-state index in [2.05, 4.69) is 0 Å². The van der Waals surface area contributed by atoms with Crippen molar-refractivity contribution < 1.29 is 33.6 Å². The molecule has 10 heteroatoms. The predicted molar refractivity (Wildman–Crippen MR) is 164 cm³/mol. The van der Waals surface area contributed by atoms with E-state index in [0.29, 0.717) is 53.5 Å². The third kappa shape index (κ3) is 10.4. The molecule has 0 aliphatic carbocycles. The van der Waals surface area contributed by atoms with Gasteiger partial charge in [0, 0.05) is 29.6 Å². The van der Waals surface area contributed by atoms with Crippen molar-refractivity contribution in [1.29, 1.82) is 0 Å². The molecule has 0 bridgehead atoms. The summed E-state index contributed by atoms with van der Waals surface area (Å²) in [6.45, 7) is 9.11. The first-order valence-electron chi connectivity index (χ1n) is 13.7. The number of carboxylic acids is 1. The zero-order chi connectivity index (χ0) is 30.6. The van der Waals surface area contributed by atoms with E-state index in [0.717, 1.165) is 22.3 Å². The molecule has 1 N–H and O–H groups in total. The van der Waals surface area contributed by atoms with Gasteiger partial charge in [-0.05, 0) is 81.1 Å². The Hall–Kier alpha value is -3.46. The molecule has 8 nitrogen and oxygen atoms in total. The molecule has 0 spiro atoms. The smallest absolute Gasteiger partial charge is 0.415 e. The number of ether oxygens (including phenoxy) is 4. The van der Waals surface area contributed by atoms with Gasteiger partial charge >= 0.3 is 12.1 Å². The predicted octanol–water partition coefficient (Wildman–Crippen LogP) is 7.30. The van der Waals surface area contributed by atoms with Gasteiger partial charge in [-0.3, -0.25) is 0 Å². The van der Waals surface area contributed by atoms with Gasteiger partial charge in [0.05, 0.1) is 13.2 Å². The molecule has 3 rings (SSSR count). The van der Waals surface area contributed by atoms with E-state index >= 15 is 0 Å². The Morgan fingerprint density at radius 1 is 0.857 bits per heavy atom. The molecule has 0 aromatic heterocycles. The number of carbonyl (C=O) groups is 2. The summed E-state index contributed by atoms with van der Waals surface area (Å²) in [7, 11) is 0. The molecule has 42 heavy (non-hydrogen) atoms. The Morgan fingerprint density at radius 3 is 2.07 bits per heavy atom. The van der Waals surface area contributed by atoms with Gasteiger partial charge in [0.1, 0.15) is 23.9 Å². The van der Waals surface area contributed by atoms with Gasteiger partial charge in [0.25, 0.3) is 0 Å². The van der Waals surface area contributed by atoms with E-state index < -0.39 is 18.2 Å². The highest BCUT2D eigenvalue weighted by molar-refractivity contribution is 6.34. The van der Waals surface area contributed by atoms with Crippen molar-refractivity contribution in [3.05, 3.63) is 86.9 Å². The van der Waals surface area contributed by atoms with Crippen molar-refractivity contribution in [2.45, 2.75) is 46.6 Å². The second kappa shape index (κ2) is 16.2. The molecule has 0 radical (unpaired) electrons. The summed E-state index contributed by atoms with van der Waals surface area (Å²) in [5.74, 6) is 0.697. The van der Waals surface area contributed by atoms with Gasteiger partial charge < -0.3 is 29.0 Å². The molecule has 0 aliphatic heterocycles. The first-order valence-corrected chi connectivity index (χ1v) is 14.5. The fraction of sp³-hybridized carbons (Fsp3) is 0.375. The van der Waals surface area contributed by atoms with Crippen molar-refractivity contribution in [3.63, 3.8) is 0 Å². The van der Waals surface area contributed by atoms with Crippen molar-refractivity contribution in [1.82, 2.24) is 4.90 Å². The first-order chi connectivity index (χ1) is 20.0. The zero-order valence-electron chi connectivity index (χ0n) is 24.3. The molecule has 0 saturated carbocycles. The second-order valence-electron chi connectivity index (χ2n) is 9.87. The number of hydrogen-bond acceptors (Lipinski definition) is 6. The van der Waals surface area contributed by atoms with Gasteiger partial charge in [-0.15, -0.1) is 0 Å². The van der Waals surface area contributed by atoms with Gasteiger partial charge in [-0.1, -0.05) is 53.0 Å². The van der Waals surface area contributed by atoms with Crippen molar-refractivity contribution in [2.75, 3.05) is 32.9 Å². The summed E-state index contributed by atoms with van der Waals surface area (Å²) in [4.78, 5) is 26.2. The van der Waals surface area contributed by atoms with E-state index in [1.54, 1.807) is 54.3 Å². The van der Waals surface area contributed by atoms with Crippen LogP contribution in [0.25, 0.3) is 0 Å². The van der Waals surface area contributed by atoms with E-state index in [1.165, 1.54) is 0 Å². The van der Waals surface area contributed by atoms with Gasteiger partial charge in [-0.2, -0.15) is 0 Å². The molecular weight excluding hydrogens is 581 g/mol. The van der Waals surface area contributed by atoms with Crippen LogP contribution in [0.15, 0.2) is 54.6 Å². The van der Waals surface area contributed by atoms with Crippen molar-refractivity contribution in [2.24, 2.45) is 0 Å². The molecule has 0 saturated heterocycles. The summed E-state index contributed by atoms with van der Waals surface area (Å²) in [6.07, 6.45) is -0.596. The maximum absolute atomic E-state index is 13.3. The molecule has 1 atom stereocenters. The van der Waals surface area contributed by atoms with Crippen LogP contribution in [0, 0.1) is 20.8 Å². The Bertz CT molecular complexity index is 1300. The van der Waals surface area contributed by atoms with E-state index in [4.69, 9.17) is 42.1 Å². The fourth-order valence-corrected chi connectivity index (χ4v) is 4.97. The third-order valence-electron chi connectivity index (χ3n) is 6.35. The first kappa shape index (κ1) is 33.0. The minimum atomic E-state index is -0.998. The second-order valence-corrected chi connectivity index (χ2v) is 10.7. The summed E-state index contributed by atoms with van der Waals surface area (Å²) < 4.78 is 22.8. The average molecular weight is 619 g/mol. The lowest BCUT2D eigenvalue weighted by atomic mass is 10.1. The Morgan fingerprint density at radius 2 is 1.48 bits per heavy atom. The monoisotopic (exact) mass is 617 g/mol. The number of carbonyl (C=O) groups excluding carboxylic acids is 1. The molecule has 226 valence electrons. The number of halogens is 2. The van der Waals surface area contributed by atoms with E-state index in [1.807, 2.05) is 32.9 Å². The lowest BCUT2D eigenvalue weighted by Gasteiger charge is -2.23. The number of benzene rings is 3. The van der Waals surface area contributed by atoms with Crippen LogP contribution in [0.2, 0.25) is 10.0 Å². The van der Waals surface area contributed by atoms with Gasteiger partial charge in [-0.25, -0.2) is 9.59 Å². The molecule has 1 amide bonds. The topological polar surface area (TPSA) is 94.5 Å². The number of aliphatic carboxylic acids is 1. The Kier molecular flexibility index (Phi) is 12.8. The van der Waals surface area contributed by atoms with Crippen LogP contribution in [0.5, 0.6) is 17.2 Å². The number of rotatable bonds is 15. The highest BCUT2D eigenvalue weighted by Crippen LogP contribution is 2.26. The highest BCUT2D eigenvalue weighted by Gasteiger charge is 2.20. The minimum Gasteiger partial charge on any atom is -0.493 e. The van der Waals surface area contributed by atoms with Crippen molar-refractivity contribution >= 4 is 35.3 Å². The van der Waals surface area contributed by atoms with Crippen LogP contribution in [0.4, 0.5) is 4.79 Å². The van der Waals surface area contributed by atoms with Gasteiger partial charge in [0.15, 0.2) is 6.10 Å². The third-order valence-corrected chi connectivity index (χ3v) is 6.78. The fourth-order valence-electron chi connectivity index (χ4n) is 4.46. The summed E-state index contributed by atoms with van der Waals surface area (Å²) in [6, 6.07) is 16.1. The minimum absolute atomic E-state index is 0.224. The maximum atomic E-state index is 13.3. The van der Waals surface area contributed by atoms with E-state index in [-0.39, 0.29) is 19.6 Å². The zero-order valence-corrected chi connectivity index (χ0v) is 25.8. The molecule has 1 unspecified atom stereocenters. The Balaban J connectivity index is 1.61. The molecule has 0 fully saturated rings. The summed E-state index contributed by atoms with van der Waals surface area (Å²) in [5, 5.41) is 10.3. The summed E-state index contributed by atoms with van der Waals surface area (Å²) >= 11 is 12.1. The summed E-state index contributed by atoms with van der Waals surface area (Å²) in [5.41, 5.74) is 3.68. The average Bonchev–Trinajstić information content (AvgIpc) is 2.92. The normalized spacial score (nSPS) is 11.6. The van der Waals surface area contributed by atoms with Crippen LogP contribution in [0.1, 0.15) is 35.6 Å². The number of amides is 1. The molecule has 3 aromatic rings. The standard InChI is InChI=1S/C32H37Cl2NO7/c1-5-39-29(31(36)37)17-24-7-9-27(10-8-24)41-14-12-35(11-6-13-40-28-19-25(33)18-26(34)20-28)32(38)42-30-22(3)15-21(2)16-23(30)4/h7-10,15-16,18-20,29H,5-6,11-14,17H2,1-4H3,(H,36,37). The molecule has 0 heterocycles. The molecule has 3 aromatic carbocycles.